The van der Waals surface area contributed by atoms with Crippen molar-refractivity contribution >= 4 is 60.5 Å². The zero-order valence-electron chi connectivity index (χ0n) is 35.4. The van der Waals surface area contributed by atoms with E-state index in [1.165, 1.54) is 77.2 Å². The molecule has 0 unspecified atom stereocenters. The van der Waals surface area contributed by atoms with Crippen molar-refractivity contribution in [2.75, 3.05) is 4.90 Å². The highest BCUT2D eigenvalue weighted by atomic mass is 16.3. The van der Waals surface area contributed by atoms with Gasteiger partial charge in [0.25, 0.3) is 0 Å². The SMILES string of the molecule is c1ccc(-c2ccc(N(c3ccc4c(c3)-c3ccccc3C43c4ccccc4-c4ccccc43)c3ccc4oc5ccccc5c4c3-c3ccc4ccc5ccccc5c4c3)cc2)cc1. The summed E-state index contributed by atoms with van der Waals surface area (Å²) in [6, 6.07) is 87.1. The van der Waals surface area contributed by atoms with Crippen molar-refractivity contribution in [1.82, 2.24) is 0 Å². The van der Waals surface area contributed by atoms with Crippen LogP contribution >= 0.6 is 0 Å². The second kappa shape index (κ2) is 13.8. The average Bonchev–Trinajstić information content (AvgIpc) is 4.01. The van der Waals surface area contributed by atoms with Crippen LogP contribution in [0.25, 0.3) is 88.0 Å². The van der Waals surface area contributed by atoms with Crippen LogP contribution in [-0.2, 0) is 5.41 Å². The lowest BCUT2D eigenvalue weighted by Gasteiger charge is -2.31. The van der Waals surface area contributed by atoms with Crippen molar-refractivity contribution in [1.29, 1.82) is 0 Å². The molecule has 302 valence electrons. The molecule has 1 aromatic heterocycles. The quantitative estimate of drug-likeness (QED) is 0.161. The normalized spacial score (nSPS) is 13.0. The van der Waals surface area contributed by atoms with Crippen LogP contribution in [0.4, 0.5) is 17.1 Å². The molecule has 0 saturated heterocycles. The van der Waals surface area contributed by atoms with Gasteiger partial charge in [0.2, 0.25) is 0 Å². The summed E-state index contributed by atoms with van der Waals surface area (Å²) < 4.78 is 6.68. The lowest BCUT2D eigenvalue weighted by molar-refractivity contribution is 0.669. The fourth-order valence-corrected chi connectivity index (χ4v) is 11.5. The van der Waals surface area contributed by atoms with Gasteiger partial charge in [-0.05, 0) is 131 Å². The molecule has 0 saturated carbocycles. The molecule has 2 aliphatic rings. The molecule has 14 rings (SSSR count). The molecule has 1 heterocycles. The van der Waals surface area contributed by atoms with Gasteiger partial charge in [-0.1, -0.05) is 188 Å². The largest absolute Gasteiger partial charge is 0.456 e. The Bertz CT molecular complexity index is 3850. The highest BCUT2D eigenvalue weighted by Gasteiger charge is 2.51. The van der Waals surface area contributed by atoms with Gasteiger partial charge in [0, 0.05) is 27.7 Å². The van der Waals surface area contributed by atoms with Gasteiger partial charge < -0.3 is 9.32 Å². The summed E-state index contributed by atoms with van der Waals surface area (Å²) >= 11 is 0. The topological polar surface area (TPSA) is 16.4 Å². The van der Waals surface area contributed by atoms with Crippen molar-refractivity contribution in [3.8, 4) is 44.5 Å². The molecule has 2 heteroatoms. The van der Waals surface area contributed by atoms with Crippen molar-refractivity contribution in [2.24, 2.45) is 0 Å². The van der Waals surface area contributed by atoms with E-state index in [2.05, 4.69) is 241 Å². The predicted octanol–water partition coefficient (Wildman–Crippen LogP) is 17.0. The maximum atomic E-state index is 6.68. The smallest absolute Gasteiger partial charge is 0.136 e. The maximum absolute atomic E-state index is 6.68. The lowest BCUT2D eigenvalue weighted by atomic mass is 9.70. The summed E-state index contributed by atoms with van der Waals surface area (Å²) in [6.45, 7) is 0. The summed E-state index contributed by atoms with van der Waals surface area (Å²) in [5.41, 5.74) is 19.7. The zero-order chi connectivity index (χ0) is 42.6. The van der Waals surface area contributed by atoms with Crippen molar-refractivity contribution < 1.29 is 4.42 Å². The van der Waals surface area contributed by atoms with Gasteiger partial charge in [-0.3, -0.25) is 0 Å². The van der Waals surface area contributed by atoms with Crippen LogP contribution in [0.1, 0.15) is 22.3 Å². The van der Waals surface area contributed by atoms with Crippen molar-refractivity contribution in [2.45, 2.75) is 5.41 Å². The molecular formula is C63H39NO. The molecule has 2 aliphatic carbocycles. The van der Waals surface area contributed by atoms with E-state index in [-0.39, 0.29) is 0 Å². The van der Waals surface area contributed by atoms with E-state index in [4.69, 9.17) is 4.42 Å². The molecule has 0 fully saturated rings. The molecule has 0 aliphatic heterocycles. The number of hydrogen-bond acceptors (Lipinski definition) is 2. The van der Waals surface area contributed by atoms with Crippen LogP contribution in [0.5, 0.6) is 0 Å². The molecular weight excluding hydrogens is 787 g/mol. The maximum Gasteiger partial charge on any atom is 0.136 e. The number of anilines is 3. The van der Waals surface area contributed by atoms with E-state index in [1.807, 2.05) is 0 Å². The number of benzene rings is 11. The minimum absolute atomic E-state index is 0.423. The molecule has 65 heavy (non-hydrogen) atoms. The first-order chi connectivity index (χ1) is 32.2. The van der Waals surface area contributed by atoms with Crippen LogP contribution in [0, 0.1) is 0 Å². The molecule has 0 radical (unpaired) electrons. The Balaban J connectivity index is 1.06. The van der Waals surface area contributed by atoms with Crippen LogP contribution in [0.15, 0.2) is 241 Å². The average molecular weight is 826 g/mol. The van der Waals surface area contributed by atoms with Crippen LogP contribution < -0.4 is 4.90 Å². The van der Waals surface area contributed by atoms with Crippen molar-refractivity contribution in [3.63, 3.8) is 0 Å². The summed E-state index contributed by atoms with van der Waals surface area (Å²) in [6.07, 6.45) is 0. The molecule has 0 bridgehead atoms. The van der Waals surface area contributed by atoms with Gasteiger partial charge >= 0.3 is 0 Å². The molecule has 0 atom stereocenters. The Kier molecular flexibility index (Phi) is 7.64. The number of nitrogens with zero attached hydrogens (tertiary/aromatic N) is 1. The first kappa shape index (κ1) is 36.1. The van der Waals surface area contributed by atoms with E-state index in [0.717, 1.165) is 50.1 Å². The summed E-state index contributed by atoms with van der Waals surface area (Å²) in [5, 5.41) is 7.12. The van der Waals surface area contributed by atoms with Crippen molar-refractivity contribution in [3.05, 3.63) is 259 Å². The van der Waals surface area contributed by atoms with Gasteiger partial charge in [-0.25, -0.2) is 0 Å². The predicted molar refractivity (Wildman–Crippen MR) is 271 cm³/mol. The first-order valence-corrected chi connectivity index (χ1v) is 22.5. The van der Waals surface area contributed by atoms with Gasteiger partial charge in [0.1, 0.15) is 11.2 Å². The van der Waals surface area contributed by atoms with E-state index in [0.29, 0.717) is 0 Å². The number of rotatable bonds is 5. The minimum atomic E-state index is -0.423. The number of hydrogen-bond donors (Lipinski definition) is 0. The molecule has 1 spiro atoms. The molecule has 2 nitrogen and oxygen atoms in total. The van der Waals surface area contributed by atoms with E-state index >= 15 is 0 Å². The standard InChI is InChI=1S/C63H39NO/c1-2-14-40(15-3-1)41-30-32-45(33-31-41)64(46-34-35-57-53(39-46)50-20-8-12-24-56(50)63(57)54-22-10-6-18-48(54)49-19-7-11-23-55(49)63)58-36-37-60-62(51-21-9-13-25-59(51)65-60)61(58)44-29-28-43-27-26-42-16-4-5-17-47(42)52(43)38-44/h1-39H. The second-order valence-corrected chi connectivity index (χ2v) is 17.5. The molecule has 0 N–H and O–H groups in total. The van der Waals surface area contributed by atoms with E-state index < -0.39 is 5.41 Å². The van der Waals surface area contributed by atoms with Gasteiger partial charge in [-0.2, -0.15) is 0 Å². The highest BCUT2D eigenvalue weighted by molar-refractivity contribution is 6.18. The third kappa shape index (κ3) is 5.11. The molecule has 12 aromatic rings. The fraction of sp³-hybridized carbons (Fsp3) is 0.0159. The summed E-state index contributed by atoms with van der Waals surface area (Å²) in [4.78, 5) is 2.48. The zero-order valence-corrected chi connectivity index (χ0v) is 35.4. The van der Waals surface area contributed by atoms with Gasteiger partial charge in [0.15, 0.2) is 0 Å². The number of fused-ring (bicyclic) bond motifs is 16. The minimum Gasteiger partial charge on any atom is -0.456 e. The Labute approximate surface area is 376 Å². The van der Waals surface area contributed by atoms with Crippen LogP contribution in [0.2, 0.25) is 0 Å². The fourth-order valence-electron chi connectivity index (χ4n) is 11.5. The van der Waals surface area contributed by atoms with Gasteiger partial charge in [-0.15, -0.1) is 0 Å². The number of para-hydroxylation sites is 1. The Morgan fingerprint density at radius 1 is 0.323 bits per heavy atom. The Morgan fingerprint density at radius 3 is 1.60 bits per heavy atom. The first-order valence-electron chi connectivity index (χ1n) is 22.5. The van der Waals surface area contributed by atoms with E-state index in [9.17, 15) is 0 Å². The third-order valence-electron chi connectivity index (χ3n) is 14.3. The van der Waals surface area contributed by atoms with E-state index in [1.54, 1.807) is 0 Å². The Hall–Kier alpha value is -8.46. The third-order valence-corrected chi connectivity index (χ3v) is 14.3. The highest BCUT2D eigenvalue weighted by Crippen LogP contribution is 2.63. The summed E-state index contributed by atoms with van der Waals surface area (Å²) in [5.74, 6) is 0. The monoisotopic (exact) mass is 825 g/mol. The molecule has 0 amide bonds. The molecule has 11 aromatic carbocycles. The summed E-state index contributed by atoms with van der Waals surface area (Å²) in [7, 11) is 0. The lowest BCUT2D eigenvalue weighted by Crippen LogP contribution is -2.25. The van der Waals surface area contributed by atoms with Gasteiger partial charge in [0.05, 0.1) is 11.1 Å². The van der Waals surface area contributed by atoms with Crippen LogP contribution in [-0.4, -0.2) is 0 Å². The number of furan rings is 1. The van der Waals surface area contributed by atoms with Crippen LogP contribution in [0.3, 0.4) is 0 Å². The Morgan fingerprint density at radius 2 is 0.862 bits per heavy atom. The second-order valence-electron chi connectivity index (χ2n) is 17.5.